The molecule has 0 atom stereocenters. The number of ether oxygens (including phenoxy) is 1. The molecule has 2 N–H and O–H groups in total. The summed E-state index contributed by atoms with van der Waals surface area (Å²) in [7, 11) is 0. The predicted octanol–water partition coefficient (Wildman–Crippen LogP) is 3.50. The van der Waals surface area contributed by atoms with Crippen molar-refractivity contribution >= 4 is 34.8 Å². The number of nitrogens with zero attached hydrogens (tertiary/aromatic N) is 1. The van der Waals surface area contributed by atoms with E-state index in [1.807, 2.05) is 30.5 Å². The van der Waals surface area contributed by atoms with Crippen LogP contribution in [0.4, 0.5) is 5.69 Å². The number of esters is 1. The van der Waals surface area contributed by atoms with E-state index in [2.05, 4.69) is 4.98 Å². The minimum atomic E-state index is -0.350. The van der Waals surface area contributed by atoms with E-state index >= 15 is 0 Å². The van der Waals surface area contributed by atoms with Crippen LogP contribution >= 0.6 is 23.1 Å². The maximum atomic E-state index is 11.5. The summed E-state index contributed by atoms with van der Waals surface area (Å²) < 4.78 is 4.92. The van der Waals surface area contributed by atoms with Gasteiger partial charge in [0.15, 0.2) is 0 Å². The van der Waals surface area contributed by atoms with Crippen molar-refractivity contribution in [3.63, 3.8) is 0 Å². The summed E-state index contributed by atoms with van der Waals surface area (Å²) in [6.45, 7) is 4.18. The molecule has 1 aromatic heterocycles. The van der Waals surface area contributed by atoms with Gasteiger partial charge < -0.3 is 10.5 Å². The molecule has 6 heteroatoms. The second kappa shape index (κ2) is 6.76. The minimum absolute atomic E-state index is 0.350. The maximum absolute atomic E-state index is 11.5. The number of thiazole rings is 1. The standard InChI is InChI=1S/C14H16N2O2S2/c1-3-18-14(17)13-16-11(8-20-13)7-19-12-5-4-10(15)6-9(12)2/h4-6,8H,3,7,15H2,1-2H3. The number of thioether (sulfide) groups is 1. The zero-order chi connectivity index (χ0) is 14.5. The second-order valence-corrected chi connectivity index (χ2v) is 6.05. The minimum Gasteiger partial charge on any atom is -0.461 e. The van der Waals surface area contributed by atoms with Gasteiger partial charge in [-0.2, -0.15) is 0 Å². The molecule has 0 spiro atoms. The fraction of sp³-hybridized carbons (Fsp3) is 0.286. The summed E-state index contributed by atoms with van der Waals surface area (Å²) in [5, 5.41) is 2.31. The van der Waals surface area contributed by atoms with E-state index in [0.29, 0.717) is 11.6 Å². The van der Waals surface area contributed by atoms with Crippen LogP contribution in [0.15, 0.2) is 28.5 Å². The van der Waals surface area contributed by atoms with Crippen molar-refractivity contribution < 1.29 is 9.53 Å². The molecule has 0 unspecified atom stereocenters. The Labute approximate surface area is 126 Å². The maximum Gasteiger partial charge on any atom is 0.367 e. The first-order chi connectivity index (χ1) is 9.60. The molecule has 0 aliphatic carbocycles. The zero-order valence-electron chi connectivity index (χ0n) is 11.4. The van der Waals surface area contributed by atoms with Gasteiger partial charge in [0.2, 0.25) is 5.01 Å². The van der Waals surface area contributed by atoms with Gasteiger partial charge in [-0.1, -0.05) is 0 Å². The van der Waals surface area contributed by atoms with Gasteiger partial charge >= 0.3 is 5.97 Å². The monoisotopic (exact) mass is 308 g/mol. The molecule has 1 aromatic carbocycles. The van der Waals surface area contributed by atoms with Crippen LogP contribution in [-0.4, -0.2) is 17.6 Å². The molecule has 0 saturated heterocycles. The third-order valence-corrected chi connectivity index (χ3v) is 4.66. The van der Waals surface area contributed by atoms with Crippen molar-refractivity contribution in [3.8, 4) is 0 Å². The Morgan fingerprint density at radius 1 is 1.50 bits per heavy atom. The third-order valence-electron chi connectivity index (χ3n) is 2.58. The van der Waals surface area contributed by atoms with E-state index in [-0.39, 0.29) is 5.97 Å². The van der Waals surface area contributed by atoms with Gasteiger partial charge in [-0.15, -0.1) is 23.1 Å². The third kappa shape index (κ3) is 3.74. The number of carbonyl (C=O) groups excluding carboxylic acids is 1. The molecular formula is C14H16N2O2S2. The van der Waals surface area contributed by atoms with Crippen LogP contribution in [0.3, 0.4) is 0 Å². The van der Waals surface area contributed by atoms with Crippen LogP contribution in [0.1, 0.15) is 28.0 Å². The molecule has 2 aromatic rings. The highest BCUT2D eigenvalue weighted by molar-refractivity contribution is 7.98. The number of hydrogen-bond acceptors (Lipinski definition) is 6. The molecule has 0 aliphatic rings. The van der Waals surface area contributed by atoms with Gasteiger partial charge in [-0.25, -0.2) is 9.78 Å². The van der Waals surface area contributed by atoms with E-state index in [4.69, 9.17) is 10.5 Å². The number of carbonyl (C=O) groups is 1. The summed E-state index contributed by atoms with van der Waals surface area (Å²) in [5.41, 5.74) is 8.53. The van der Waals surface area contributed by atoms with E-state index in [1.54, 1.807) is 18.7 Å². The van der Waals surface area contributed by atoms with Crippen LogP contribution in [0.25, 0.3) is 0 Å². The molecule has 2 rings (SSSR count). The molecule has 20 heavy (non-hydrogen) atoms. The highest BCUT2D eigenvalue weighted by Crippen LogP contribution is 2.27. The Balaban J connectivity index is 1.99. The number of anilines is 1. The van der Waals surface area contributed by atoms with E-state index in [1.165, 1.54) is 16.2 Å². The lowest BCUT2D eigenvalue weighted by atomic mass is 10.2. The fourth-order valence-corrected chi connectivity index (χ4v) is 3.36. The Morgan fingerprint density at radius 3 is 3.00 bits per heavy atom. The Kier molecular flexibility index (Phi) is 5.03. The first-order valence-corrected chi connectivity index (χ1v) is 8.07. The van der Waals surface area contributed by atoms with E-state index in [0.717, 1.165) is 22.7 Å². The highest BCUT2D eigenvalue weighted by atomic mass is 32.2. The van der Waals surface area contributed by atoms with Crippen LogP contribution < -0.4 is 5.73 Å². The van der Waals surface area contributed by atoms with Crippen molar-refractivity contribution in [2.45, 2.75) is 24.5 Å². The van der Waals surface area contributed by atoms with Crippen molar-refractivity contribution in [1.29, 1.82) is 0 Å². The lowest BCUT2D eigenvalue weighted by Gasteiger charge is -2.05. The molecule has 0 amide bonds. The van der Waals surface area contributed by atoms with E-state index < -0.39 is 0 Å². The normalized spacial score (nSPS) is 10.5. The molecule has 0 fully saturated rings. The van der Waals surface area contributed by atoms with Gasteiger partial charge in [-0.3, -0.25) is 0 Å². The van der Waals surface area contributed by atoms with Crippen LogP contribution in [-0.2, 0) is 10.5 Å². The summed E-state index contributed by atoms with van der Waals surface area (Å²) in [5.74, 6) is 0.373. The second-order valence-electron chi connectivity index (χ2n) is 4.18. The van der Waals surface area contributed by atoms with Crippen molar-refractivity contribution in [2.24, 2.45) is 0 Å². The number of aromatic nitrogens is 1. The Bertz CT molecular complexity index is 611. The molecule has 0 aliphatic heterocycles. The first kappa shape index (κ1) is 14.9. The highest BCUT2D eigenvalue weighted by Gasteiger charge is 2.12. The first-order valence-electron chi connectivity index (χ1n) is 6.20. The van der Waals surface area contributed by atoms with Gasteiger partial charge in [0.1, 0.15) is 0 Å². The molecule has 106 valence electrons. The topological polar surface area (TPSA) is 65.2 Å². The molecular weight excluding hydrogens is 292 g/mol. The smallest absolute Gasteiger partial charge is 0.367 e. The molecule has 4 nitrogen and oxygen atoms in total. The average Bonchev–Trinajstić information content (AvgIpc) is 2.87. The number of benzene rings is 1. The van der Waals surface area contributed by atoms with Crippen molar-refractivity contribution in [2.75, 3.05) is 12.3 Å². The number of rotatable bonds is 5. The largest absolute Gasteiger partial charge is 0.461 e. The van der Waals surface area contributed by atoms with Crippen LogP contribution in [0, 0.1) is 6.92 Å². The van der Waals surface area contributed by atoms with Crippen LogP contribution in [0.5, 0.6) is 0 Å². The SMILES string of the molecule is CCOC(=O)c1nc(CSc2ccc(N)cc2C)cs1. The van der Waals surface area contributed by atoms with Crippen molar-refractivity contribution in [3.05, 3.63) is 39.8 Å². The Morgan fingerprint density at radius 2 is 2.30 bits per heavy atom. The predicted molar refractivity (Wildman–Crippen MR) is 83.2 cm³/mol. The van der Waals surface area contributed by atoms with E-state index in [9.17, 15) is 4.79 Å². The summed E-state index contributed by atoms with van der Waals surface area (Å²) in [6, 6.07) is 5.85. The summed E-state index contributed by atoms with van der Waals surface area (Å²) in [6.07, 6.45) is 0. The number of hydrogen-bond donors (Lipinski definition) is 1. The summed E-state index contributed by atoms with van der Waals surface area (Å²) in [4.78, 5) is 17.0. The fourth-order valence-electron chi connectivity index (χ4n) is 1.65. The van der Waals surface area contributed by atoms with Gasteiger partial charge in [0.25, 0.3) is 0 Å². The summed E-state index contributed by atoms with van der Waals surface area (Å²) >= 11 is 3.00. The zero-order valence-corrected chi connectivity index (χ0v) is 13.0. The van der Waals surface area contributed by atoms with Crippen molar-refractivity contribution in [1.82, 2.24) is 4.98 Å². The van der Waals surface area contributed by atoms with Gasteiger partial charge in [-0.05, 0) is 37.6 Å². The number of nitrogens with two attached hydrogens (primary N) is 1. The average molecular weight is 308 g/mol. The molecule has 0 saturated carbocycles. The lowest BCUT2D eigenvalue weighted by Crippen LogP contribution is -2.03. The Hall–Kier alpha value is -1.53. The van der Waals surface area contributed by atoms with Crippen LogP contribution in [0.2, 0.25) is 0 Å². The van der Waals surface area contributed by atoms with Gasteiger partial charge in [0, 0.05) is 21.7 Å². The van der Waals surface area contributed by atoms with Gasteiger partial charge in [0.05, 0.1) is 12.3 Å². The number of nitrogen functional groups attached to an aromatic ring is 1. The molecule has 0 bridgehead atoms. The molecule has 0 radical (unpaired) electrons. The number of aryl methyl sites for hydroxylation is 1. The lowest BCUT2D eigenvalue weighted by molar-refractivity contribution is 0.0525. The quantitative estimate of drug-likeness (QED) is 0.520. The molecule has 1 heterocycles.